The van der Waals surface area contributed by atoms with Crippen molar-refractivity contribution in [3.63, 3.8) is 0 Å². The average Bonchev–Trinajstić information content (AvgIpc) is 2.40. The van der Waals surface area contributed by atoms with Gasteiger partial charge in [0.2, 0.25) is 0 Å². The summed E-state index contributed by atoms with van der Waals surface area (Å²) in [7, 11) is 0. The van der Waals surface area contributed by atoms with Crippen molar-refractivity contribution in [3.8, 4) is 0 Å². The third-order valence-electron chi connectivity index (χ3n) is 2.32. The molecule has 0 amide bonds. The summed E-state index contributed by atoms with van der Waals surface area (Å²) >= 11 is 0. The van der Waals surface area contributed by atoms with Crippen LogP contribution >= 0.6 is 0 Å². The molecule has 0 aromatic carbocycles. The molecule has 2 heteroatoms. The fourth-order valence-corrected chi connectivity index (χ4v) is 1.65. The molecular weight excluding hydrogens is 140 g/mol. The van der Waals surface area contributed by atoms with E-state index < -0.39 is 5.97 Å². The monoisotopic (exact) mass is 154 g/mol. The highest BCUT2D eigenvalue weighted by Crippen LogP contribution is 2.27. The normalized spacial score (nSPS) is 25.4. The Kier molecular flexibility index (Phi) is 2.69. The number of hydrogen-bond acceptors (Lipinski definition) is 1. The van der Waals surface area contributed by atoms with E-state index in [-0.39, 0.29) is 11.8 Å². The van der Waals surface area contributed by atoms with Gasteiger partial charge in [0, 0.05) is 0 Å². The Morgan fingerprint density at radius 2 is 2.55 bits per heavy atom. The van der Waals surface area contributed by atoms with E-state index in [1.165, 1.54) is 0 Å². The molecule has 0 heterocycles. The summed E-state index contributed by atoms with van der Waals surface area (Å²) in [6.45, 7) is 1.94. The lowest BCUT2D eigenvalue weighted by Gasteiger charge is -2.15. The maximum absolute atomic E-state index is 10.7. The maximum Gasteiger partial charge on any atom is 0.307 e. The SMILES string of the molecule is CCC(C(=O)O)C1C=CCC1. The molecule has 2 unspecified atom stereocenters. The van der Waals surface area contributed by atoms with Gasteiger partial charge in [-0.25, -0.2) is 0 Å². The smallest absolute Gasteiger partial charge is 0.307 e. The van der Waals surface area contributed by atoms with Gasteiger partial charge in [0.25, 0.3) is 0 Å². The van der Waals surface area contributed by atoms with Gasteiger partial charge < -0.3 is 5.11 Å². The molecule has 1 aliphatic carbocycles. The lowest BCUT2D eigenvalue weighted by atomic mass is 9.90. The Balaban J connectivity index is 2.54. The Labute approximate surface area is 66.9 Å². The lowest BCUT2D eigenvalue weighted by molar-refractivity contribution is -0.143. The molecule has 1 N–H and O–H groups in total. The standard InChI is InChI=1S/C9H14O2/c1-2-8(9(10)11)7-5-3-4-6-7/h3,5,7-8H,2,4,6H2,1H3,(H,10,11). The number of carboxylic acids is 1. The van der Waals surface area contributed by atoms with Crippen LogP contribution in [0.5, 0.6) is 0 Å². The van der Waals surface area contributed by atoms with Gasteiger partial charge in [-0.1, -0.05) is 19.1 Å². The van der Waals surface area contributed by atoms with E-state index >= 15 is 0 Å². The molecule has 0 aromatic heterocycles. The molecule has 62 valence electrons. The molecule has 0 saturated heterocycles. The van der Waals surface area contributed by atoms with Crippen LogP contribution in [0.3, 0.4) is 0 Å². The van der Waals surface area contributed by atoms with Gasteiger partial charge in [-0.3, -0.25) is 4.79 Å². The molecule has 0 saturated carbocycles. The predicted molar refractivity (Wildman–Crippen MR) is 43.3 cm³/mol. The van der Waals surface area contributed by atoms with Crippen molar-refractivity contribution in [2.24, 2.45) is 11.8 Å². The summed E-state index contributed by atoms with van der Waals surface area (Å²) < 4.78 is 0. The zero-order chi connectivity index (χ0) is 8.27. The van der Waals surface area contributed by atoms with Crippen LogP contribution < -0.4 is 0 Å². The molecular formula is C9H14O2. The molecule has 0 radical (unpaired) electrons. The molecule has 0 aliphatic heterocycles. The summed E-state index contributed by atoms with van der Waals surface area (Å²) in [5.74, 6) is -0.518. The molecule has 1 aliphatic rings. The van der Waals surface area contributed by atoms with Crippen molar-refractivity contribution in [2.45, 2.75) is 26.2 Å². The molecule has 0 bridgehead atoms. The van der Waals surface area contributed by atoms with Crippen molar-refractivity contribution >= 4 is 5.97 Å². The van der Waals surface area contributed by atoms with Crippen LogP contribution in [-0.4, -0.2) is 11.1 Å². The van der Waals surface area contributed by atoms with Crippen LogP contribution in [0.1, 0.15) is 26.2 Å². The Morgan fingerprint density at radius 1 is 1.82 bits per heavy atom. The van der Waals surface area contributed by atoms with Crippen LogP contribution in [0.4, 0.5) is 0 Å². The van der Waals surface area contributed by atoms with Crippen molar-refractivity contribution in [1.29, 1.82) is 0 Å². The van der Waals surface area contributed by atoms with Crippen LogP contribution in [0.15, 0.2) is 12.2 Å². The minimum atomic E-state index is -0.649. The first kappa shape index (κ1) is 8.31. The molecule has 0 fully saturated rings. The third-order valence-corrected chi connectivity index (χ3v) is 2.32. The largest absolute Gasteiger partial charge is 0.481 e. The van der Waals surface area contributed by atoms with Gasteiger partial charge in [-0.05, 0) is 25.2 Å². The zero-order valence-electron chi connectivity index (χ0n) is 6.79. The highest BCUT2D eigenvalue weighted by atomic mass is 16.4. The van der Waals surface area contributed by atoms with Crippen molar-refractivity contribution < 1.29 is 9.90 Å². The van der Waals surface area contributed by atoms with E-state index in [0.29, 0.717) is 0 Å². The zero-order valence-corrected chi connectivity index (χ0v) is 6.79. The Morgan fingerprint density at radius 3 is 2.91 bits per heavy atom. The number of carboxylic acid groups (broad SMARTS) is 1. The lowest BCUT2D eigenvalue weighted by Crippen LogP contribution is -2.20. The topological polar surface area (TPSA) is 37.3 Å². The van der Waals surface area contributed by atoms with E-state index in [0.717, 1.165) is 19.3 Å². The van der Waals surface area contributed by atoms with Gasteiger partial charge >= 0.3 is 5.97 Å². The number of hydrogen-bond donors (Lipinski definition) is 1. The van der Waals surface area contributed by atoms with E-state index in [1.807, 2.05) is 13.0 Å². The minimum Gasteiger partial charge on any atom is -0.481 e. The average molecular weight is 154 g/mol. The van der Waals surface area contributed by atoms with Crippen LogP contribution in [-0.2, 0) is 4.79 Å². The van der Waals surface area contributed by atoms with Crippen molar-refractivity contribution in [2.75, 3.05) is 0 Å². The molecule has 1 rings (SSSR count). The van der Waals surface area contributed by atoms with Crippen LogP contribution in [0, 0.1) is 11.8 Å². The Bertz CT molecular complexity index is 172. The second-order valence-electron chi connectivity index (χ2n) is 3.02. The first-order chi connectivity index (χ1) is 5.25. The van der Waals surface area contributed by atoms with Crippen molar-refractivity contribution in [3.05, 3.63) is 12.2 Å². The van der Waals surface area contributed by atoms with Gasteiger partial charge in [0.15, 0.2) is 0 Å². The highest BCUT2D eigenvalue weighted by molar-refractivity contribution is 5.70. The maximum atomic E-state index is 10.7. The van der Waals surface area contributed by atoms with Gasteiger partial charge in [-0.2, -0.15) is 0 Å². The summed E-state index contributed by atoms with van der Waals surface area (Å²) in [5.41, 5.74) is 0. The second-order valence-corrected chi connectivity index (χ2v) is 3.02. The third kappa shape index (κ3) is 1.82. The number of carbonyl (C=O) groups is 1. The molecule has 0 spiro atoms. The van der Waals surface area contributed by atoms with E-state index in [2.05, 4.69) is 6.08 Å². The fourth-order valence-electron chi connectivity index (χ4n) is 1.65. The summed E-state index contributed by atoms with van der Waals surface area (Å²) in [4.78, 5) is 10.7. The second kappa shape index (κ2) is 3.56. The summed E-state index contributed by atoms with van der Waals surface area (Å²) in [5, 5.41) is 8.80. The molecule has 0 aromatic rings. The summed E-state index contributed by atoms with van der Waals surface area (Å²) in [6.07, 6.45) is 6.93. The number of allylic oxidation sites excluding steroid dienone is 2. The number of aliphatic carboxylic acids is 1. The minimum absolute atomic E-state index is 0.159. The first-order valence-electron chi connectivity index (χ1n) is 4.15. The molecule has 2 atom stereocenters. The van der Waals surface area contributed by atoms with Gasteiger partial charge in [0.05, 0.1) is 5.92 Å². The predicted octanol–water partition coefficient (Wildman–Crippen LogP) is 2.06. The van der Waals surface area contributed by atoms with Crippen LogP contribution in [0.2, 0.25) is 0 Å². The van der Waals surface area contributed by atoms with E-state index in [9.17, 15) is 4.79 Å². The highest BCUT2D eigenvalue weighted by Gasteiger charge is 2.25. The molecule has 11 heavy (non-hydrogen) atoms. The molecule has 2 nitrogen and oxygen atoms in total. The number of rotatable bonds is 3. The Hall–Kier alpha value is -0.790. The fraction of sp³-hybridized carbons (Fsp3) is 0.667. The quantitative estimate of drug-likeness (QED) is 0.632. The summed E-state index contributed by atoms with van der Waals surface area (Å²) in [6, 6.07) is 0. The van der Waals surface area contributed by atoms with Gasteiger partial charge in [-0.15, -0.1) is 0 Å². The van der Waals surface area contributed by atoms with Gasteiger partial charge in [0.1, 0.15) is 0 Å². The first-order valence-corrected chi connectivity index (χ1v) is 4.15. The van der Waals surface area contributed by atoms with Crippen LogP contribution in [0.25, 0.3) is 0 Å². The van der Waals surface area contributed by atoms with E-state index in [1.54, 1.807) is 0 Å². The van der Waals surface area contributed by atoms with Crippen molar-refractivity contribution in [1.82, 2.24) is 0 Å². The van der Waals surface area contributed by atoms with E-state index in [4.69, 9.17) is 5.11 Å².